The van der Waals surface area contributed by atoms with E-state index in [2.05, 4.69) is 18.4 Å². The summed E-state index contributed by atoms with van der Waals surface area (Å²) in [5.74, 6) is 0.428. The number of likely N-dealkylation sites (tertiary alicyclic amines) is 1. The van der Waals surface area contributed by atoms with E-state index in [1.54, 1.807) is 11.1 Å². The van der Waals surface area contributed by atoms with Crippen LogP contribution in [-0.4, -0.2) is 40.4 Å². The summed E-state index contributed by atoms with van der Waals surface area (Å²) in [5, 5.41) is 16.2. The van der Waals surface area contributed by atoms with E-state index in [1.807, 2.05) is 19.1 Å². The third-order valence-electron chi connectivity index (χ3n) is 5.84. The molecule has 0 spiro atoms. The molecule has 1 fully saturated rings. The van der Waals surface area contributed by atoms with E-state index in [4.69, 9.17) is 5.10 Å². The van der Waals surface area contributed by atoms with Gasteiger partial charge in [0.2, 0.25) is 0 Å². The number of phenolic OH excluding ortho intramolecular Hbond substituents is 1. The summed E-state index contributed by atoms with van der Waals surface area (Å²) in [7, 11) is 0. The molecule has 1 N–H and O–H groups in total. The molecule has 1 saturated heterocycles. The predicted octanol–water partition coefficient (Wildman–Crippen LogP) is 5.93. The third-order valence-corrected chi connectivity index (χ3v) is 5.84. The second-order valence-corrected chi connectivity index (χ2v) is 8.42. The number of hydrogen-bond acceptors (Lipinski definition) is 4. The normalized spacial score (nSPS) is 21.0. The first kappa shape index (κ1) is 22.3. The Morgan fingerprint density at radius 3 is 2.93 bits per heavy atom. The van der Waals surface area contributed by atoms with Crippen molar-refractivity contribution < 1.29 is 9.50 Å². The van der Waals surface area contributed by atoms with Crippen LogP contribution in [0.4, 0.5) is 4.39 Å². The summed E-state index contributed by atoms with van der Waals surface area (Å²) in [6.07, 6.45) is 12.8. The molecule has 0 unspecified atom stereocenters. The van der Waals surface area contributed by atoms with Gasteiger partial charge in [0.1, 0.15) is 11.6 Å². The third kappa shape index (κ3) is 5.82. The Labute approximate surface area is 180 Å². The number of phenols is 1. The van der Waals surface area contributed by atoms with E-state index in [0.717, 1.165) is 37.4 Å². The summed E-state index contributed by atoms with van der Waals surface area (Å²) in [4.78, 5) is 2.60. The molecule has 0 radical (unpaired) electrons. The zero-order chi connectivity index (χ0) is 21.5. The van der Waals surface area contributed by atoms with Gasteiger partial charge in [-0.05, 0) is 88.4 Å². The zero-order valence-corrected chi connectivity index (χ0v) is 18.3. The molecule has 0 bridgehead atoms. The molecule has 0 saturated carbocycles. The van der Waals surface area contributed by atoms with Gasteiger partial charge in [0.15, 0.2) is 0 Å². The van der Waals surface area contributed by atoms with Crippen molar-refractivity contribution >= 4 is 11.4 Å². The van der Waals surface area contributed by atoms with Crippen molar-refractivity contribution in [3.05, 3.63) is 60.1 Å². The highest BCUT2D eigenvalue weighted by molar-refractivity contribution is 5.96. The summed E-state index contributed by atoms with van der Waals surface area (Å²) < 4.78 is 14.4. The number of benzene rings is 1. The predicted molar refractivity (Wildman–Crippen MR) is 123 cm³/mol. The highest BCUT2D eigenvalue weighted by atomic mass is 19.1. The quantitative estimate of drug-likeness (QED) is 0.566. The van der Waals surface area contributed by atoms with Crippen LogP contribution >= 0.6 is 0 Å². The van der Waals surface area contributed by atoms with Crippen molar-refractivity contribution in [1.82, 2.24) is 9.91 Å². The Hall–Kier alpha value is -2.40. The van der Waals surface area contributed by atoms with Gasteiger partial charge in [-0.25, -0.2) is 9.40 Å². The average Bonchev–Trinajstić information content (AvgIpc) is 2.94. The molecule has 2 aliphatic heterocycles. The number of hydrogen-bond donors (Lipinski definition) is 1. The SMILES string of the molecule is C=C1C=CC(CCCCN2CCCC[C@@H](C)C2)=NN1/C(=C\C)c1cc(O)ccc1F. The lowest BCUT2D eigenvalue weighted by molar-refractivity contribution is 0.252. The van der Waals surface area contributed by atoms with Gasteiger partial charge < -0.3 is 10.0 Å². The van der Waals surface area contributed by atoms with E-state index in [0.29, 0.717) is 17.0 Å². The van der Waals surface area contributed by atoms with E-state index < -0.39 is 5.82 Å². The van der Waals surface area contributed by atoms with Crippen molar-refractivity contribution in [3.63, 3.8) is 0 Å². The minimum atomic E-state index is -0.397. The summed E-state index contributed by atoms with van der Waals surface area (Å²) in [6.45, 7) is 11.8. The largest absolute Gasteiger partial charge is 0.508 e. The minimum absolute atomic E-state index is 0.0240. The van der Waals surface area contributed by atoms with Crippen LogP contribution in [0.25, 0.3) is 5.70 Å². The topological polar surface area (TPSA) is 39.1 Å². The molecule has 1 aromatic carbocycles. The molecular weight excluding hydrogens is 377 g/mol. The number of allylic oxidation sites excluding steroid dienone is 3. The molecule has 3 rings (SSSR count). The maximum atomic E-state index is 14.4. The van der Waals surface area contributed by atoms with Gasteiger partial charge in [-0.15, -0.1) is 0 Å². The van der Waals surface area contributed by atoms with Gasteiger partial charge in [0.25, 0.3) is 0 Å². The maximum absolute atomic E-state index is 14.4. The van der Waals surface area contributed by atoms with Crippen molar-refractivity contribution in [2.24, 2.45) is 11.0 Å². The number of hydrazone groups is 1. The second-order valence-electron chi connectivity index (χ2n) is 8.42. The van der Waals surface area contributed by atoms with Gasteiger partial charge in [-0.3, -0.25) is 0 Å². The van der Waals surface area contributed by atoms with Crippen molar-refractivity contribution in [2.45, 2.75) is 52.4 Å². The maximum Gasteiger partial charge on any atom is 0.132 e. The number of halogens is 1. The Morgan fingerprint density at radius 1 is 1.30 bits per heavy atom. The van der Waals surface area contributed by atoms with Crippen LogP contribution in [0.5, 0.6) is 5.75 Å². The monoisotopic (exact) mass is 411 g/mol. The average molecular weight is 412 g/mol. The van der Waals surface area contributed by atoms with E-state index in [9.17, 15) is 9.50 Å². The smallest absolute Gasteiger partial charge is 0.132 e. The Morgan fingerprint density at radius 2 is 2.13 bits per heavy atom. The molecule has 2 heterocycles. The van der Waals surface area contributed by atoms with Gasteiger partial charge in [-0.1, -0.05) is 26.0 Å². The number of unbranched alkanes of at least 4 members (excludes halogenated alkanes) is 1. The van der Waals surface area contributed by atoms with Crippen LogP contribution in [-0.2, 0) is 0 Å². The second kappa shape index (κ2) is 10.6. The van der Waals surface area contributed by atoms with Crippen LogP contribution in [0.1, 0.15) is 57.9 Å². The molecule has 4 nitrogen and oxygen atoms in total. The van der Waals surface area contributed by atoms with Crippen LogP contribution in [0.15, 0.2) is 53.8 Å². The highest BCUT2D eigenvalue weighted by Crippen LogP contribution is 2.30. The summed E-state index contributed by atoms with van der Waals surface area (Å²) >= 11 is 0. The molecule has 1 atom stereocenters. The summed E-state index contributed by atoms with van der Waals surface area (Å²) in [6, 6.07) is 4.04. The molecule has 5 heteroatoms. The summed E-state index contributed by atoms with van der Waals surface area (Å²) in [5.41, 5.74) is 2.53. The molecular formula is C25H34FN3O. The van der Waals surface area contributed by atoms with E-state index in [-0.39, 0.29) is 5.75 Å². The number of nitrogens with zero attached hydrogens (tertiary/aromatic N) is 3. The molecule has 1 aromatic rings. The number of aromatic hydroxyl groups is 1. The Balaban J connectivity index is 1.61. The molecule has 162 valence electrons. The van der Waals surface area contributed by atoms with Crippen molar-refractivity contribution in [1.29, 1.82) is 0 Å². The molecule has 0 aliphatic carbocycles. The van der Waals surface area contributed by atoms with Crippen molar-refractivity contribution in [3.8, 4) is 5.75 Å². The lowest BCUT2D eigenvalue weighted by Gasteiger charge is -2.27. The molecule has 0 amide bonds. The fourth-order valence-electron chi connectivity index (χ4n) is 4.23. The van der Waals surface area contributed by atoms with Crippen LogP contribution in [0, 0.1) is 11.7 Å². The first-order valence-corrected chi connectivity index (χ1v) is 11.1. The van der Waals surface area contributed by atoms with E-state index >= 15 is 0 Å². The first-order chi connectivity index (χ1) is 14.5. The molecule has 30 heavy (non-hydrogen) atoms. The fourth-order valence-corrected chi connectivity index (χ4v) is 4.23. The Bertz CT molecular complexity index is 843. The first-order valence-electron chi connectivity index (χ1n) is 11.1. The molecule has 0 aromatic heterocycles. The van der Waals surface area contributed by atoms with Crippen LogP contribution < -0.4 is 0 Å². The van der Waals surface area contributed by atoms with Crippen LogP contribution in [0.2, 0.25) is 0 Å². The number of rotatable bonds is 7. The lowest BCUT2D eigenvalue weighted by Crippen LogP contribution is -2.28. The Kier molecular flexibility index (Phi) is 7.86. The fraction of sp³-hybridized carbons (Fsp3) is 0.480. The lowest BCUT2D eigenvalue weighted by atomic mass is 10.1. The van der Waals surface area contributed by atoms with Crippen molar-refractivity contribution in [2.75, 3.05) is 19.6 Å². The van der Waals surface area contributed by atoms with Gasteiger partial charge in [0, 0.05) is 12.1 Å². The minimum Gasteiger partial charge on any atom is -0.508 e. The van der Waals surface area contributed by atoms with Crippen LogP contribution in [0.3, 0.4) is 0 Å². The highest BCUT2D eigenvalue weighted by Gasteiger charge is 2.20. The van der Waals surface area contributed by atoms with Gasteiger partial charge >= 0.3 is 0 Å². The standard InChI is InChI=1S/C25H34FN3O/c1-4-25(23-17-22(30)13-14-24(23)26)29-20(3)11-12-21(27-29)10-6-8-16-28-15-7-5-9-19(2)18-28/h4,11-14,17,19,30H,3,5-10,15-16,18H2,1-2H3/b25-4-/t19-/m1/s1. The van der Waals surface area contributed by atoms with Gasteiger partial charge in [-0.2, -0.15) is 5.10 Å². The zero-order valence-electron chi connectivity index (χ0n) is 18.3. The van der Waals surface area contributed by atoms with Gasteiger partial charge in [0.05, 0.1) is 17.1 Å². The van der Waals surface area contributed by atoms with E-state index in [1.165, 1.54) is 50.6 Å². The molecule has 2 aliphatic rings.